The number of hydrogen-bond acceptors (Lipinski definition) is 3. The topological polar surface area (TPSA) is 66.9 Å². The van der Waals surface area contributed by atoms with Gasteiger partial charge in [-0.25, -0.2) is 4.39 Å². The number of benzene rings is 1. The summed E-state index contributed by atoms with van der Waals surface area (Å²) in [5.74, 6) is 0. The van der Waals surface area contributed by atoms with Crippen LogP contribution in [0.3, 0.4) is 0 Å². The van der Waals surface area contributed by atoms with Gasteiger partial charge in [-0.3, -0.25) is 10.1 Å². The summed E-state index contributed by atoms with van der Waals surface area (Å²) in [5.41, 5.74) is -1.87. The lowest BCUT2D eigenvalue weighted by atomic mass is 9.84. The van der Waals surface area contributed by atoms with Crippen molar-refractivity contribution in [3.8, 4) is 6.07 Å². The second-order valence-corrected chi connectivity index (χ2v) is 3.93. The number of halogens is 1. The average Bonchev–Trinajstić information content (AvgIpc) is 2.40. The molecule has 5 heteroatoms. The highest BCUT2D eigenvalue weighted by atomic mass is 19.1. The van der Waals surface area contributed by atoms with E-state index in [2.05, 4.69) is 0 Å². The van der Waals surface area contributed by atoms with Crippen LogP contribution in [0.5, 0.6) is 0 Å². The molecule has 0 aromatic heterocycles. The largest absolute Gasteiger partial charge is 0.266 e. The molecule has 1 aromatic carbocycles. The van der Waals surface area contributed by atoms with E-state index in [0.717, 1.165) is 12.2 Å². The third-order valence-electron chi connectivity index (χ3n) is 2.78. The lowest BCUT2D eigenvalue weighted by molar-refractivity contribution is -0.419. The van der Waals surface area contributed by atoms with E-state index in [0.29, 0.717) is 5.56 Å². The molecule has 90 valence electrons. The smallest absolute Gasteiger partial charge is 0.258 e. The van der Waals surface area contributed by atoms with Crippen molar-refractivity contribution in [3.05, 3.63) is 63.9 Å². The fourth-order valence-corrected chi connectivity index (χ4v) is 1.84. The van der Waals surface area contributed by atoms with Crippen molar-refractivity contribution < 1.29 is 9.31 Å². The van der Waals surface area contributed by atoms with Gasteiger partial charge in [-0.2, -0.15) is 5.26 Å². The van der Waals surface area contributed by atoms with E-state index in [9.17, 15) is 14.5 Å². The number of rotatable bonds is 2. The van der Waals surface area contributed by atoms with Gasteiger partial charge in [-0.15, -0.1) is 0 Å². The third-order valence-corrected chi connectivity index (χ3v) is 2.78. The molecule has 0 bridgehead atoms. The van der Waals surface area contributed by atoms with E-state index in [1.54, 1.807) is 36.4 Å². The predicted molar refractivity (Wildman–Crippen MR) is 63.6 cm³/mol. The quantitative estimate of drug-likeness (QED) is 0.593. The molecule has 4 nitrogen and oxygen atoms in total. The molecule has 1 unspecified atom stereocenters. The lowest BCUT2D eigenvalue weighted by Crippen LogP contribution is -2.25. The van der Waals surface area contributed by atoms with Crippen molar-refractivity contribution >= 4 is 5.57 Å². The van der Waals surface area contributed by atoms with Gasteiger partial charge in [-0.05, 0) is 11.6 Å². The summed E-state index contributed by atoms with van der Waals surface area (Å²) < 4.78 is 14.4. The Bertz CT molecular complexity index is 587. The summed E-state index contributed by atoms with van der Waals surface area (Å²) in [4.78, 5) is 10.1. The van der Waals surface area contributed by atoms with Crippen molar-refractivity contribution in [1.82, 2.24) is 0 Å². The van der Waals surface area contributed by atoms with Crippen LogP contribution in [0, 0.1) is 21.4 Å². The maximum absolute atomic E-state index is 14.4. The average molecular weight is 244 g/mol. The van der Waals surface area contributed by atoms with Gasteiger partial charge in [0.25, 0.3) is 5.70 Å². The second-order valence-electron chi connectivity index (χ2n) is 3.93. The van der Waals surface area contributed by atoms with Crippen LogP contribution in [0.15, 0.2) is 48.2 Å². The lowest BCUT2D eigenvalue weighted by Gasteiger charge is -2.22. The monoisotopic (exact) mass is 244 g/mol. The van der Waals surface area contributed by atoms with E-state index in [1.165, 1.54) is 0 Å². The minimum Gasteiger partial charge on any atom is -0.258 e. The highest BCUT2D eigenvalue weighted by Crippen LogP contribution is 2.38. The number of nitrogens with zero attached hydrogens (tertiary/aromatic N) is 2. The molecule has 1 aliphatic carbocycles. The van der Waals surface area contributed by atoms with Gasteiger partial charge in [0.15, 0.2) is 0 Å². The van der Waals surface area contributed by atoms with E-state index >= 15 is 0 Å². The molecule has 0 fully saturated rings. The van der Waals surface area contributed by atoms with Crippen molar-refractivity contribution in [2.45, 2.75) is 12.1 Å². The van der Waals surface area contributed by atoms with Crippen LogP contribution in [0.1, 0.15) is 12.0 Å². The summed E-state index contributed by atoms with van der Waals surface area (Å²) in [5, 5.41) is 19.7. The Labute approximate surface area is 103 Å². The van der Waals surface area contributed by atoms with E-state index in [-0.39, 0.29) is 17.7 Å². The standard InChI is InChI=1S/C13H9FN2O2/c14-13(9-15)7-6-11(16(17)18)8-12(13)10-4-2-1-3-5-10/h1-6,8H,7H2. The molecular formula is C13H9FN2O2. The summed E-state index contributed by atoms with van der Waals surface area (Å²) in [6.45, 7) is 0. The Balaban J connectivity index is 2.54. The third kappa shape index (κ3) is 2.00. The van der Waals surface area contributed by atoms with E-state index in [4.69, 9.17) is 5.26 Å². The van der Waals surface area contributed by atoms with Crippen LogP contribution in [0.25, 0.3) is 5.57 Å². The highest BCUT2D eigenvalue weighted by Gasteiger charge is 2.38. The van der Waals surface area contributed by atoms with Crippen LogP contribution in [-0.4, -0.2) is 10.6 Å². The van der Waals surface area contributed by atoms with Crippen LogP contribution < -0.4 is 0 Å². The van der Waals surface area contributed by atoms with Gasteiger partial charge in [0.1, 0.15) is 6.07 Å². The van der Waals surface area contributed by atoms with Gasteiger partial charge in [0, 0.05) is 18.1 Å². The maximum Gasteiger partial charge on any atom is 0.266 e. The Hall–Kier alpha value is -2.48. The fraction of sp³-hybridized carbons (Fsp3) is 0.154. The van der Waals surface area contributed by atoms with Crippen molar-refractivity contribution in [2.75, 3.05) is 0 Å². The summed E-state index contributed by atoms with van der Waals surface area (Å²) >= 11 is 0. The van der Waals surface area contributed by atoms with Crippen molar-refractivity contribution in [3.63, 3.8) is 0 Å². The molecule has 0 radical (unpaired) electrons. The normalized spacial score (nSPS) is 22.7. The molecule has 0 heterocycles. The molecule has 0 saturated heterocycles. The minimum absolute atomic E-state index is 0.0415. The number of nitro groups is 1. The van der Waals surface area contributed by atoms with Gasteiger partial charge >= 0.3 is 0 Å². The van der Waals surface area contributed by atoms with Gasteiger partial charge in [0.05, 0.1) is 4.92 Å². The Morgan fingerprint density at radius 2 is 2.06 bits per heavy atom. The van der Waals surface area contributed by atoms with E-state index < -0.39 is 10.6 Å². The van der Waals surface area contributed by atoms with Crippen LogP contribution >= 0.6 is 0 Å². The molecule has 1 aromatic rings. The molecular weight excluding hydrogens is 235 g/mol. The number of allylic oxidation sites excluding steroid dienone is 3. The Kier molecular flexibility index (Phi) is 2.94. The molecule has 1 atom stereocenters. The molecule has 0 spiro atoms. The molecule has 0 saturated carbocycles. The molecule has 2 rings (SSSR count). The summed E-state index contributed by atoms with van der Waals surface area (Å²) in [6, 6.07) is 9.98. The first-order valence-electron chi connectivity index (χ1n) is 5.29. The molecule has 0 amide bonds. The zero-order valence-electron chi connectivity index (χ0n) is 9.34. The fourth-order valence-electron chi connectivity index (χ4n) is 1.84. The van der Waals surface area contributed by atoms with Gasteiger partial charge < -0.3 is 0 Å². The summed E-state index contributed by atoms with van der Waals surface area (Å²) in [7, 11) is 0. The summed E-state index contributed by atoms with van der Waals surface area (Å²) in [6.07, 6.45) is 1.96. The number of alkyl halides is 1. The Morgan fingerprint density at radius 3 is 2.61 bits per heavy atom. The van der Waals surface area contributed by atoms with Crippen LogP contribution in [0.4, 0.5) is 4.39 Å². The van der Waals surface area contributed by atoms with Gasteiger partial charge in [-0.1, -0.05) is 30.3 Å². The molecule has 1 aliphatic rings. The van der Waals surface area contributed by atoms with Crippen LogP contribution in [0.2, 0.25) is 0 Å². The minimum atomic E-state index is -2.21. The molecule has 18 heavy (non-hydrogen) atoms. The molecule has 0 N–H and O–H groups in total. The number of hydrogen-bond donors (Lipinski definition) is 0. The highest BCUT2D eigenvalue weighted by molar-refractivity contribution is 5.78. The van der Waals surface area contributed by atoms with Crippen molar-refractivity contribution in [2.24, 2.45) is 0 Å². The number of nitriles is 1. The first-order valence-corrected chi connectivity index (χ1v) is 5.29. The van der Waals surface area contributed by atoms with E-state index in [1.807, 2.05) is 0 Å². The first kappa shape index (κ1) is 12.0. The Morgan fingerprint density at radius 1 is 1.39 bits per heavy atom. The molecule has 0 aliphatic heterocycles. The van der Waals surface area contributed by atoms with Crippen molar-refractivity contribution in [1.29, 1.82) is 5.26 Å². The van der Waals surface area contributed by atoms with Crippen LogP contribution in [-0.2, 0) is 0 Å². The SMILES string of the molecule is N#CC1(F)CC=C([N+](=O)[O-])C=C1c1ccccc1. The zero-order chi connectivity index (χ0) is 13.2. The first-order chi connectivity index (χ1) is 8.57. The maximum atomic E-state index is 14.4. The van der Waals surface area contributed by atoms with Gasteiger partial charge in [0.2, 0.25) is 5.67 Å². The zero-order valence-corrected chi connectivity index (χ0v) is 9.34. The predicted octanol–water partition coefficient (Wildman–Crippen LogP) is 2.87. The second kappa shape index (κ2) is 4.41.